The fraction of sp³-hybridized carbons (Fsp3) is 0.176. The van der Waals surface area contributed by atoms with Gasteiger partial charge in [-0.3, -0.25) is 14.7 Å². The zero-order valence-corrected chi connectivity index (χ0v) is 15.2. The molecule has 0 atom stereocenters. The van der Waals surface area contributed by atoms with Gasteiger partial charge < -0.3 is 11.1 Å². The van der Waals surface area contributed by atoms with Gasteiger partial charge in [-0.2, -0.15) is 18.3 Å². The number of nitrogens with one attached hydrogen (secondary N) is 2. The normalized spacial score (nSPS) is 11.4. The number of benzene rings is 1. The van der Waals surface area contributed by atoms with Gasteiger partial charge in [0, 0.05) is 10.9 Å². The summed E-state index contributed by atoms with van der Waals surface area (Å²) < 4.78 is 37.9. The van der Waals surface area contributed by atoms with Gasteiger partial charge in [-0.1, -0.05) is 12.1 Å². The van der Waals surface area contributed by atoms with Crippen molar-refractivity contribution in [2.45, 2.75) is 19.5 Å². The molecule has 3 aromatic rings. The van der Waals surface area contributed by atoms with E-state index in [0.29, 0.717) is 22.0 Å². The van der Waals surface area contributed by atoms with Crippen LogP contribution < -0.4 is 11.1 Å². The number of alkyl halides is 3. The van der Waals surface area contributed by atoms with Gasteiger partial charge >= 0.3 is 6.18 Å². The fourth-order valence-electron chi connectivity index (χ4n) is 2.43. The average molecular weight is 409 g/mol. The van der Waals surface area contributed by atoms with Gasteiger partial charge in [0.25, 0.3) is 5.91 Å². The Balaban J connectivity index is 1.70. The van der Waals surface area contributed by atoms with Gasteiger partial charge in [-0.15, -0.1) is 11.3 Å². The number of carbonyl (C=O) groups is 2. The molecule has 0 aliphatic carbocycles. The average Bonchev–Trinajstić information content (AvgIpc) is 3.22. The van der Waals surface area contributed by atoms with Crippen LogP contribution >= 0.6 is 11.3 Å². The summed E-state index contributed by atoms with van der Waals surface area (Å²) in [4.78, 5) is 27.9. The van der Waals surface area contributed by atoms with Crippen LogP contribution in [-0.2, 0) is 17.4 Å². The van der Waals surface area contributed by atoms with Crippen LogP contribution in [0.15, 0.2) is 29.6 Å². The predicted octanol–water partition coefficient (Wildman–Crippen LogP) is 3.14. The molecule has 0 radical (unpaired) electrons. The molecular weight excluding hydrogens is 395 g/mol. The van der Waals surface area contributed by atoms with E-state index in [1.165, 1.54) is 23.5 Å². The highest BCUT2D eigenvalue weighted by atomic mass is 32.1. The number of amides is 2. The van der Waals surface area contributed by atoms with Crippen molar-refractivity contribution >= 4 is 28.8 Å². The second kappa shape index (κ2) is 7.43. The Morgan fingerprint density at radius 2 is 1.93 bits per heavy atom. The van der Waals surface area contributed by atoms with Crippen molar-refractivity contribution in [2.75, 3.05) is 5.32 Å². The van der Waals surface area contributed by atoms with Gasteiger partial charge in [0.2, 0.25) is 5.91 Å². The molecule has 0 aliphatic rings. The Bertz CT molecular complexity index is 1020. The minimum atomic E-state index is -4.40. The molecule has 0 spiro atoms. The number of hydrogen-bond acceptors (Lipinski definition) is 5. The SMILES string of the molecule is Cc1[nH]nc(C(N)=O)c1NC(=O)Cc1csc(-c2ccc(C(F)(F)F)cc2)n1. The number of hydrogen-bond donors (Lipinski definition) is 3. The van der Waals surface area contributed by atoms with E-state index in [4.69, 9.17) is 5.73 Å². The quantitative estimate of drug-likeness (QED) is 0.601. The molecule has 0 fully saturated rings. The number of nitrogens with zero attached hydrogens (tertiary/aromatic N) is 2. The molecule has 2 heterocycles. The van der Waals surface area contributed by atoms with Crippen molar-refractivity contribution in [3.8, 4) is 10.6 Å². The molecule has 0 saturated carbocycles. The third-order valence-corrected chi connectivity index (χ3v) is 4.74. The molecule has 0 bridgehead atoms. The molecule has 28 heavy (non-hydrogen) atoms. The van der Waals surface area contributed by atoms with Crippen LogP contribution in [0, 0.1) is 6.92 Å². The monoisotopic (exact) mass is 409 g/mol. The van der Waals surface area contributed by atoms with Crippen molar-refractivity contribution in [2.24, 2.45) is 5.73 Å². The van der Waals surface area contributed by atoms with Crippen LogP contribution in [0.4, 0.5) is 18.9 Å². The number of thiazole rings is 1. The van der Waals surface area contributed by atoms with Crippen molar-refractivity contribution < 1.29 is 22.8 Å². The first-order valence-corrected chi connectivity index (χ1v) is 8.79. The maximum absolute atomic E-state index is 12.6. The Hall–Kier alpha value is -3.21. The number of rotatable bonds is 5. The smallest absolute Gasteiger partial charge is 0.364 e. The number of halogens is 3. The van der Waals surface area contributed by atoms with E-state index >= 15 is 0 Å². The number of H-pyrrole nitrogens is 1. The summed E-state index contributed by atoms with van der Waals surface area (Å²) in [6.07, 6.45) is -4.49. The largest absolute Gasteiger partial charge is 0.416 e. The highest BCUT2D eigenvalue weighted by Crippen LogP contribution is 2.31. The minimum Gasteiger partial charge on any atom is -0.364 e. The Morgan fingerprint density at radius 3 is 2.54 bits per heavy atom. The van der Waals surface area contributed by atoms with Crippen LogP contribution in [0.5, 0.6) is 0 Å². The molecule has 3 rings (SSSR count). The van der Waals surface area contributed by atoms with Crippen molar-refractivity contribution in [3.05, 3.63) is 52.3 Å². The summed E-state index contributed by atoms with van der Waals surface area (Å²) in [5, 5.41) is 11.0. The number of primary amides is 1. The zero-order valence-electron chi connectivity index (χ0n) is 14.4. The Labute approximate surface area is 160 Å². The summed E-state index contributed by atoms with van der Waals surface area (Å²) in [5.41, 5.74) is 6.04. The molecule has 0 unspecified atom stereocenters. The van der Waals surface area contributed by atoms with Gasteiger partial charge in [0.15, 0.2) is 5.69 Å². The van der Waals surface area contributed by atoms with E-state index in [-0.39, 0.29) is 17.8 Å². The number of nitrogens with two attached hydrogens (primary N) is 1. The second-order valence-corrected chi connectivity index (χ2v) is 6.74. The van der Waals surface area contributed by atoms with Gasteiger partial charge in [0.1, 0.15) is 5.01 Å². The molecule has 11 heteroatoms. The zero-order chi connectivity index (χ0) is 20.5. The molecular formula is C17H14F3N5O2S. The summed E-state index contributed by atoms with van der Waals surface area (Å²) in [5.74, 6) is -1.21. The third-order valence-electron chi connectivity index (χ3n) is 3.80. The summed E-state index contributed by atoms with van der Waals surface area (Å²) in [7, 11) is 0. The second-order valence-electron chi connectivity index (χ2n) is 5.88. The van der Waals surface area contributed by atoms with Crippen molar-refractivity contribution in [1.82, 2.24) is 15.2 Å². The fourth-order valence-corrected chi connectivity index (χ4v) is 3.26. The number of aromatic nitrogens is 3. The highest BCUT2D eigenvalue weighted by Gasteiger charge is 2.30. The van der Waals surface area contributed by atoms with Crippen LogP contribution in [-0.4, -0.2) is 27.0 Å². The molecule has 1 aromatic carbocycles. The molecule has 0 aliphatic heterocycles. The van der Waals surface area contributed by atoms with Crippen LogP contribution in [0.1, 0.15) is 27.4 Å². The lowest BCUT2D eigenvalue weighted by Crippen LogP contribution is -2.19. The first kappa shape index (κ1) is 19.5. The molecule has 2 aromatic heterocycles. The molecule has 0 saturated heterocycles. The third kappa shape index (κ3) is 4.19. The van der Waals surface area contributed by atoms with Crippen LogP contribution in [0.3, 0.4) is 0 Å². The van der Waals surface area contributed by atoms with E-state index < -0.39 is 23.6 Å². The standard InChI is InChI=1S/C17H14F3N5O2S/c1-8-13(14(15(21)27)25-24-8)23-12(26)6-11-7-28-16(22-11)9-2-4-10(5-3-9)17(18,19)20/h2-5,7H,6H2,1H3,(H2,21,27)(H,23,26)(H,24,25). The van der Waals surface area contributed by atoms with Crippen molar-refractivity contribution in [1.29, 1.82) is 0 Å². The number of aryl methyl sites for hydroxylation is 1. The lowest BCUT2D eigenvalue weighted by Gasteiger charge is -2.06. The molecule has 4 N–H and O–H groups in total. The van der Waals surface area contributed by atoms with E-state index in [1.807, 2.05) is 0 Å². The van der Waals surface area contributed by atoms with Gasteiger partial charge in [-0.25, -0.2) is 4.98 Å². The first-order valence-electron chi connectivity index (χ1n) is 7.92. The molecule has 2 amide bonds. The molecule has 7 nitrogen and oxygen atoms in total. The van der Waals surface area contributed by atoms with Crippen LogP contribution in [0.2, 0.25) is 0 Å². The maximum atomic E-state index is 12.6. The topological polar surface area (TPSA) is 114 Å². The predicted molar refractivity (Wildman–Crippen MR) is 96.7 cm³/mol. The maximum Gasteiger partial charge on any atom is 0.416 e. The Kier molecular flexibility index (Phi) is 5.18. The van der Waals surface area contributed by atoms with E-state index in [0.717, 1.165) is 12.1 Å². The number of carbonyl (C=O) groups excluding carboxylic acids is 2. The lowest BCUT2D eigenvalue weighted by molar-refractivity contribution is -0.137. The van der Waals surface area contributed by atoms with Crippen LogP contribution in [0.25, 0.3) is 10.6 Å². The summed E-state index contributed by atoms with van der Waals surface area (Å²) in [6, 6.07) is 4.63. The minimum absolute atomic E-state index is 0.0745. The number of anilines is 1. The van der Waals surface area contributed by atoms with E-state index in [2.05, 4.69) is 20.5 Å². The van der Waals surface area contributed by atoms with E-state index in [1.54, 1.807) is 12.3 Å². The number of aromatic amines is 1. The highest BCUT2D eigenvalue weighted by molar-refractivity contribution is 7.13. The first-order chi connectivity index (χ1) is 13.1. The van der Waals surface area contributed by atoms with E-state index in [9.17, 15) is 22.8 Å². The van der Waals surface area contributed by atoms with Crippen molar-refractivity contribution in [3.63, 3.8) is 0 Å². The Morgan fingerprint density at radius 1 is 1.25 bits per heavy atom. The van der Waals surface area contributed by atoms with Gasteiger partial charge in [0.05, 0.1) is 29.1 Å². The van der Waals surface area contributed by atoms with Gasteiger partial charge in [-0.05, 0) is 19.1 Å². The summed E-state index contributed by atoms with van der Waals surface area (Å²) in [6.45, 7) is 1.63. The lowest BCUT2D eigenvalue weighted by atomic mass is 10.1. The summed E-state index contributed by atoms with van der Waals surface area (Å²) >= 11 is 1.21. The molecule has 146 valence electrons.